The van der Waals surface area contributed by atoms with Gasteiger partial charge in [0.15, 0.2) is 0 Å². The van der Waals surface area contributed by atoms with Gasteiger partial charge in [-0.2, -0.15) is 13.2 Å². The summed E-state index contributed by atoms with van der Waals surface area (Å²) >= 11 is 0. The highest BCUT2D eigenvalue weighted by molar-refractivity contribution is 5.69. The highest BCUT2D eigenvalue weighted by Gasteiger charge is 2.32. The molecule has 0 atom stereocenters. The molecule has 1 heterocycles. The molecule has 2 nitrogen and oxygen atoms in total. The molecule has 0 amide bonds. The monoisotopic (exact) mass is 320 g/mol. The van der Waals surface area contributed by atoms with Gasteiger partial charge in [0.2, 0.25) is 0 Å². The molecule has 0 aliphatic carbocycles. The third-order valence-electron chi connectivity index (χ3n) is 4.31. The van der Waals surface area contributed by atoms with Crippen LogP contribution < -0.4 is 11.1 Å². The SMILES string of the molecule is Nc1cccc(-c2cc(C3CCNCC3)cc(C(F)(F)F)c2)c1. The molecule has 122 valence electrons. The molecule has 23 heavy (non-hydrogen) atoms. The number of benzene rings is 2. The number of halogens is 3. The molecule has 1 aliphatic rings. The summed E-state index contributed by atoms with van der Waals surface area (Å²) in [6.07, 6.45) is -2.63. The molecule has 3 N–H and O–H groups in total. The van der Waals surface area contributed by atoms with Crippen LogP contribution in [0.5, 0.6) is 0 Å². The summed E-state index contributed by atoms with van der Waals surface area (Å²) in [5.41, 5.74) is 7.77. The van der Waals surface area contributed by atoms with Crippen LogP contribution >= 0.6 is 0 Å². The average Bonchev–Trinajstić information content (AvgIpc) is 2.54. The fourth-order valence-corrected chi connectivity index (χ4v) is 3.09. The molecule has 1 aliphatic heterocycles. The van der Waals surface area contributed by atoms with E-state index in [1.165, 1.54) is 12.1 Å². The summed E-state index contributed by atoms with van der Waals surface area (Å²) in [6.45, 7) is 1.68. The molecule has 1 fully saturated rings. The average molecular weight is 320 g/mol. The van der Waals surface area contributed by atoms with Crippen molar-refractivity contribution < 1.29 is 13.2 Å². The van der Waals surface area contributed by atoms with Gasteiger partial charge in [0, 0.05) is 5.69 Å². The minimum absolute atomic E-state index is 0.165. The van der Waals surface area contributed by atoms with Gasteiger partial charge in [-0.3, -0.25) is 0 Å². The van der Waals surface area contributed by atoms with Crippen molar-refractivity contribution in [2.45, 2.75) is 24.9 Å². The smallest absolute Gasteiger partial charge is 0.399 e. The highest BCUT2D eigenvalue weighted by Crippen LogP contribution is 2.37. The van der Waals surface area contributed by atoms with Crippen molar-refractivity contribution in [1.82, 2.24) is 5.32 Å². The van der Waals surface area contributed by atoms with Crippen LogP contribution in [0.4, 0.5) is 18.9 Å². The first-order valence-corrected chi connectivity index (χ1v) is 7.72. The van der Waals surface area contributed by atoms with E-state index < -0.39 is 11.7 Å². The van der Waals surface area contributed by atoms with Crippen LogP contribution in [0, 0.1) is 0 Å². The van der Waals surface area contributed by atoms with E-state index in [2.05, 4.69) is 5.32 Å². The van der Waals surface area contributed by atoms with E-state index in [4.69, 9.17) is 5.73 Å². The Kier molecular flexibility index (Phi) is 4.31. The van der Waals surface area contributed by atoms with Crippen molar-refractivity contribution in [2.24, 2.45) is 0 Å². The highest BCUT2D eigenvalue weighted by atomic mass is 19.4. The molecular formula is C18H19F3N2. The number of hydrogen-bond donors (Lipinski definition) is 2. The lowest BCUT2D eigenvalue weighted by atomic mass is 9.87. The Labute approximate surface area is 133 Å². The summed E-state index contributed by atoms with van der Waals surface area (Å²) in [4.78, 5) is 0. The van der Waals surface area contributed by atoms with Crippen LogP contribution in [-0.2, 0) is 6.18 Å². The largest absolute Gasteiger partial charge is 0.416 e. The van der Waals surface area contributed by atoms with Gasteiger partial charge in [-0.15, -0.1) is 0 Å². The molecule has 1 saturated heterocycles. The van der Waals surface area contributed by atoms with E-state index in [1.807, 2.05) is 6.07 Å². The predicted octanol–water partition coefficient (Wildman–Crippen LogP) is 4.42. The Bertz CT molecular complexity index is 689. The minimum Gasteiger partial charge on any atom is -0.399 e. The zero-order valence-corrected chi connectivity index (χ0v) is 12.7. The lowest BCUT2D eigenvalue weighted by molar-refractivity contribution is -0.137. The zero-order chi connectivity index (χ0) is 16.4. The first kappa shape index (κ1) is 15.9. The van der Waals surface area contributed by atoms with Gasteiger partial charge in [-0.1, -0.05) is 18.2 Å². The van der Waals surface area contributed by atoms with Gasteiger partial charge in [-0.25, -0.2) is 0 Å². The third-order valence-corrected chi connectivity index (χ3v) is 4.31. The standard InChI is InChI=1S/C18H19F3N2/c19-18(20,21)16-9-14(12-4-6-23-7-5-12)8-15(10-16)13-2-1-3-17(22)11-13/h1-3,8-12,23H,4-7,22H2. The molecule has 0 radical (unpaired) electrons. The Morgan fingerprint density at radius 3 is 2.35 bits per heavy atom. The molecule has 0 unspecified atom stereocenters. The molecule has 0 aromatic heterocycles. The fraction of sp³-hybridized carbons (Fsp3) is 0.333. The number of alkyl halides is 3. The number of anilines is 1. The topological polar surface area (TPSA) is 38.0 Å². The summed E-state index contributed by atoms with van der Waals surface area (Å²) in [5, 5.41) is 3.24. The molecule has 0 spiro atoms. The maximum Gasteiger partial charge on any atom is 0.416 e. The van der Waals surface area contributed by atoms with Gasteiger partial charge in [-0.05, 0) is 72.8 Å². The predicted molar refractivity (Wildman–Crippen MR) is 86.1 cm³/mol. The summed E-state index contributed by atoms with van der Waals surface area (Å²) in [5.74, 6) is 0.165. The lowest BCUT2D eigenvalue weighted by Crippen LogP contribution is -2.26. The van der Waals surface area contributed by atoms with E-state index in [-0.39, 0.29) is 5.92 Å². The summed E-state index contributed by atoms with van der Waals surface area (Å²) in [7, 11) is 0. The van der Waals surface area contributed by atoms with Crippen LogP contribution in [-0.4, -0.2) is 13.1 Å². The molecule has 5 heteroatoms. The van der Waals surface area contributed by atoms with Crippen molar-refractivity contribution in [2.75, 3.05) is 18.8 Å². The third kappa shape index (κ3) is 3.67. The number of piperidine rings is 1. The zero-order valence-electron chi connectivity index (χ0n) is 12.7. The van der Waals surface area contributed by atoms with E-state index in [1.54, 1.807) is 24.3 Å². The van der Waals surface area contributed by atoms with Crippen molar-refractivity contribution in [3.05, 3.63) is 53.6 Å². The maximum atomic E-state index is 13.3. The Morgan fingerprint density at radius 1 is 0.957 bits per heavy atom. The maximum absolute atomic E-state index is 13.3. The first-order valence-electron chi connectivity index (χ1n) is 7.72. The second-order valence-corrected chi connectivity index (χ2v) is 5.99. The van der Waals surface area contributed by atoms with Crippen molar-refractivity contribution in [3.63, 3.8) is 0 Å². The van der Waals surface area contributed by atoms with E-state index in [0.29, 0.717) is 16.8 Å². The normalized spacial score (nSPS) is 16.5. The molecule has 2 aromatic carbocycles. The second-order valence-electron chi connectivity index (χ2n) is 5.99. The first-order chi connectivity index (χ1) is 10.9. The summed E-state index contributed by atoms with van der Waals surface area (Å²) in [6, 6.07) is 11.4. The van der Waals surface area contributed by atoms with Crippen LogP contribution in [0.15, 0.2) is 42.5 Å². The Morgan fingerprint density at radius 2 is 1.70 bits per heavy atom. The van der Waals surface area contributed by atoms with Gasteiger partial charge in [0.25, 0.3) is 0 Å². The second kappa shape index (κ2) is 6.24. The molecule has 0 saturated carbocycles. The quantitative estimate of drug-likeness (QED) is 0.804. The Hall–Kier alpha value is -2.01. The van der Waals surface area contributed by atoms with Gasteiger partial charge >= 0.3 is 6.18 Å². The molecule has 2 aromatic rings. The van der Waals surface area contributed by atoms with E-state index in [0.717, 1.165) is 31.5 Å². The van der Waals surface area contributed by atoms with Crippen molar-refractivity contribution in [3.8, 4) is 11.1 Å². The molecule has 0 bridgehead atoms. The summed E-state index contributed by atoms with van der Waals surface area (Å²) < 4.78 is 39.8. The van der Waals surface area contributed by atoms with E-state index >= 15 is 0 Å². The van der Waals surface area contributed by atoms with Crippen molar-refractivity contribution in [1.29, 1.82) is 0 Å². The number of hydrogen-bond acceptors (Lipinski definition) is 2. The number of nitrogens with two attached hydrogens (primary N) is 1. The number of rotatable bonds is 2. The van der Waals surface area contributed by atoms with Crippen molar-refractivity contribution >= 4 is 5.69 Å². The van der Waals surface area contributed by atoms with E-state index in [9.17, 15) is 13.2 Å². The minimum atomic E-state index is -4.35. The van der Waals surface area contributed by atoms with Crippen LogP contribution in [0.3, 0.4) is 0 Å². The van der Waals surface area contributed by atoms with Gasteiger partial charge < -0.3 is 11.1 Å². The number of nitrogens with one attached hydrogen (secondary N) is 1. The molecular weight excluding hydrogens is 301 g/mol. The lowest BCUT2D eigenvalue weighted by Gasteiger charge is -2.24. The van der Waals surface area contributed by atoms with Gasteiger partial charge in [0.1, 0.15) is 0 Å². The van der Waals surface area contributed by atoms with Gasteiger partial charge in [0.05, 0.1) is 5.56 Å². The molecule has 3 rings (SSSR count). The fourth-order valence-electron chi connectivity index (χ4n) is 3.09. The van der Waals surface area contributed by atoms with Crippen LogP contribution in [0.25, 0.3) is 11.1 Å². The Balaban J connectivity index is 2.08. The van der Waals surface area contributed by atoms with Crippen LogP contribution in [0.2, 0.25) is 0 Å². The van der Waals surface area contributed by atoms with Crippen LogP contribution in [0.1, 0.15) is 29.9 Å². The number of nitrogen functional groups attached to an aromatic ring is 1.